The average Bonchev–Trinajstić information content (AvgIpc) is 2.85. The Morgan fingerprint density at radius 2 is 1.61 bits per heavy atom. The van der Waals surface area contributed by atoms with Gasteiger partial charge in [-0.05, 0) is 67.4 Å². The van der Waals surface area contributed by atoms with Crippen LogP contribution in [0.2, 0.25) is 0 Å². The summed E-state index contributed by atoms with van der Waals surface area (Å²) in [5.41, 5.74) is 2.26. The maximum Gasteiger partial charge on any atom is 0.261 e. The third kappa shape index (κ3) is 7.90. The minimum absolute atomic E-state index is 0.0736. The van der Waals surface area contributed by atoms with Crippen LogP contribution < -0.4 is 20.7 Å². The summed E-state index contributed by atoms with van der Waals surface area (Å²) in [7, 11) is 0. The van der Waals surface area contributed by atoms with E-state index in [2.05, 4.69) is 45.7 Å². The molecule has 6 nitrogen and oxygen atoms in total. The second kappa shape index (κ2) is 13.2. The molecule has 0 aliphatic carbocycles. The quantitative estimate of drug-likeness (QED) is 0.257. The lowest BCUT2D eigenvalue weighted by Crippen LogP contribution is -2.35. The van der Waals surface area contributed by atoms with Gasteiger partial charge in [0, 0.05) is 4.47 Å². The first kappa shape index (κ1) is 27.4. The Hall–Kier alpha value is -3.23. The number of hydrogen-bond acceptors (Lipinski definition) is 4. The van der Waals surface area contributed by atoms with Gasteiger partial charge in [0.2, 0.25) is 0 Å². The number of amides is 2. The zero-order valence-electron chi connectivity index (χ0n) is 20.5. The van der Waals surface area contributed by atoms with E-state index >= 15 is 0 Å². The van der Waals surface area contributed by atoms with Crippen molar-refractivity contribution in [3.63, 3.8) is 0 Å². The van der Waals surface area contributed by atoms with Crippen molar-refractivity contribution in [2.24, 2.45) is 5.92 Å². The molecular weight excluding hydrogens is 538 g/mol. The predicted octanol–water partition coefficient (Wildman–Crippen LogP) is 6.49. The second-order valence-corrected chi connectivity index (χ2v) is 10.1. The highest BCUT2D eigenvalue weighted by Gasteiger charge is 2.18. The van der Waals surface area contributed by atoms with Gasteiger partial charge in [-0.3, -0.25) is 14.9 Å². The van der Waals surface area contributed by atoms with Crippen LogP contribution in [0, 0.1) is 5.92 Å². The highest BCUT2D eigenvalue weighted by Crippen LogP contribution is 2.24. The molecule has 0 aliphatic heterocycles. The van der Waals surface area contributed by atoms with Gasteiger partial charge >= 0.3 is 0 Å². The smallest absolute Gasteiger partial charge is 0.261 e. The van der Waals surface area contributed by atoms with Crippen LogP contribution in [0.4, 0.5) is 5.69 Å². The molecule has 188 valence electrons. The molecule has 0 saturated heterocycles. The Morgan fingerprint density at radius 3 is 2.33 bits per heavy atom. The van der Waals surface area contributed by atoms with Gasteiger partial charge in [0.1, 0.15) is 5.75 Å². The molecule has 3 rings (SSSR count). The van der Waals surface area contributed by atoms with Crippen LogP contribution >= 0.6 is 28.1 Å². The zero-order chi connectivity index (χ0) is 26.1. The fraction of sp³-hybridized carbons (Fsp3) is 0.250. The summed E-state index contributed by atoms with van der Waals surface area (Å²) >= 11 is 8.80. The van der Waals surface area contributed by atoms with E-state index in [-0.39, 0.29) is 17.1 Å². The summed E-state index contributed by atoms with van der Waals surface area (Å²) < 4.78 is 6.60. The van der Waals surface area contributed by atoms with Crippen LogP contribution in [0.15, 0.2) is 77.3 Å². The molecule has 8 heteroatoms. The largest absolute Gasteiger partial charge is 0.493 e. The molecular formula is C28H30BrN3O3S. The monoisotopic (exact) mass is 567 g/mol. The lowest BCUT2D eigenvalue weighted by Gasteiger charge is -2.17. The molecule has 0 saturated carbocycles. The molecule has 0 bridgehead atoms. The number of carbonyl (C=O) groups excluding carboxylic acids is 2. The molecule has 3 aromatic carbocycles. The van der Waals surface area contributed by atoms with E-state index in [1.165, 1.54) is 0 Å². The van der Waals surface area contributed by atoms with E-state index in [1.807, 2.05) is 43.3 Å². The maximum atomic E-state index is 13.0. The number of thiocarbonyl (C=S) groups is 1. The van der Waals surface area contributed by atoms with Gasteiger partial charge in [0.25, 0.3) is 11.8 Å². The van der Waals surface area contributed by atoms with Crippen molar-refractivity contribution in [2.45, 2.75) is 33.2 Å². The standard InChI is InChI=1S/C28H30BrN3O3S/c1-18(2)15-16-35-25-14-13-21(29)17-23(25)27(34)32-28(36)31-24-12-8-7-11-22(24)26(33)30-19(3)20-9-5-4-6-10-20/h4-14,17-19H,15-16H2,1-3H3,(H,30,33)(H2,31,32,34,36). The lowest BCUT2D eigenvalue weighted by atomic mass is 10.1. The average molecular weight is 569 g/mol. The fourth-order valence-electron chi connectivity index (χ4n) is 3.42. The molecule has 2 amide bonds. The Bertz CT molecular complexity index is 1220. The highest BCUT2D eigenvalue weighted by atomic mass is 79.9. The summed E-state index contributed by atoms with van der Waals surface area (Å²) in [6, 6.07) is 21.8. The Balaban J connectivity index is 1.68. The van der Waals surface area contributed by atoms with Crippen LogP contribution in [-0.4, -0.2) is 23.5 Å². The minimum Gasteiger partial charge on any atom is -0.493 e. The third-order valence-electron chi connectivity index (χ3n) is 5.43. The van der Waals surface area contributed by atoms with Crippen LogP contribution in [0.5, 0.6) is 5.75 Å². The van der Waals surface area contributed by atoms with Gasteiger partial charge in [-0.2, -0.15) is 0 Å². The molecule has 0 spiro atoms. The molecule has 0 radical (unpaired) electrons. The van der Waals surface area contributed by atoms with Crippen LogP contribution in [0.1, 0.15) is 59.5 Å². The van der Waals surface area contributed by atoms with E-state index < -0.39 is 5.91 Å². The lowest BCUT2D eigenvalue weighted by molar-refractivity contribution is 0.0939. The Kier molecular flexibility index (Phi) is 10.0. The van der Waals surface area contributed by atoms with Crippen molar-refractivity contribution in [2.75, 3.05) is 11.9 Å². The first-order valence-corrected chi connectivity index (χ1v) is 12.9. The van der Waals surface area contributed by atoms with Crippen molar-refractivity contribution >= 4 is 50.8 Å². The maximum absolute atomic E-state index is 13.0. The molecule has 0 aliphatic rings. The van der Waals surface area contributed by atoms with E-state index in [0.29, 0.717) is 35.1 Å². The second-order valence-electron chi connectivity index (χ2n) is 8.73. The number of para-hydroxylation sites is 1. The molecule has 3 N–H and O–H groups in total. The number of anilines is 1. The molecule has 0 heterocycles. The topological polar surface area (TPSA) is 79.5 Å². The van der Waals surface area contributed by atoms with Crippen molar-refractivity contribution in [3.05, 3.63) is 94.0 Å². The minimum atomic E-state index is -0.409. The summed E-state index contributed by atoms with van der Waals surface area (Å²) in [4.78, 5) is 26.0. The van der Waals surface area contributed by atoms with Gasteiger partial charge in [-0.25, -0.2) is 0 Å². The van der Waals surface area contributed by atoms with E-state index in [0.717, 1.165) is 16.5 Å². The number of hydrogen-bond donors (Lipinski definition) is 3. The molecule has 0 fully saturated rings. The molecule has 36 heavy (non-hydrogen) atoms. The van der Waals surface area contributed by atoms with Crippen molar-refractivity contribution in [3.8, 4) is 5.75 Å². The van der Waals surface area contributed by atoms with Crippen molar-refractivity contribution in [1.82, 2.24) is 10.6 Å². The number of benzene rings is 3. The number of carbonyl (C=O) groups is 2. The number of rotatable bonds is 9. The van der Waals surface area contributed by atoms with E-state index in [9.17, 15) is 9.59 Å². The molecule has 1 unspecified atom stereocenters. The predicted molar refractivity (Wildman–Crippen MR) is 152 cm³/mol. The Labute approximate surface area is 226 Å². The normalized spacial score (nSPS) is 11.5. The van der Waals surface area contributed by atoms with Gasteiger partial charge in [-0.15, -0.1) is 0 Å². The zero-order valence-corrected chi connectivity index (χ0v) is 22.9. The molecule has 1 atom stereocenters. The molecule has 0 aromatic heterocycles. The van der Waals surface area contributed by atoms with Crippen LogP contribution in [0.3, 0.4) is 0 Å². The Morgan fingerprint density at radius 1 is 0.917 bits per heavy atom. The fourth-order valence-corrected chi connectivity index (χ4v) is 3.99. The summed E-state index contributed by atoms with van der Waals surface area (Å²) in [5.74, 6) is 0.306. The molecule has 3 aromatic rings. The van der Waals surface area contributed by atoms with Crippen molar-refractivity contribution < 1.29 is 14.3 Å². The highest BCUT2D eigenvalue weighted by molar-refractivity contribution is 9.10. The third-order valence-corrected chi connectivity index (χ3v) is 6.13. The number of nitrogens with one attached hydrogen (secondary N) is 3. The van der Waals surface area contributed by atoms with Gasteiger partial charge in [0.05, 0.1) is 29.5 Å². The summed E-state index contributed by atoms with van der Waals surface area (Å²) in [6.45, 7) is 6.66. The first-order chi connectivity index (χ1) is 17.2. The number of halogens is 1. The van der Waals surface area contributed by atoms with Crippen molar-refractivity contribution in [1.29, 1.82) is 0 Å². The van der Waals surface area contributed by atoms with E-state index in [1.54, 1.807) is 36.4 Å². The first-order valence-electron chi connectivity index (χ1n) is 11.7. The van der Waals surface area contributed by atoms with Gasteiger partial charge in [-0.1, -0.05) is 72.2 Å². The van der Waals surface area contributed by atoms with E-state index in [4.69, 9.17) is 17.0 Å². The SMILES string of the molecule is CC(C)CCOc1ccc(Br)cc1C(=O)NC(=S)Nc1ccccc1C(=O)NC(C)c1ccccc1. The summed E-state index contributed by atoms with van der Waals surface area (Å²) in [6.07, 6.45) is 0.874. The van der Waals surface area contributed by atoms with Crippen LogP contribution in [0.25, 0.3) is 0 Å². The van der Waals surface area contributed by atoms with Gasteiger partial charge in [0.15, 0.2) is 5.11 Å². The summed E-state index contributed by atoms with van der Waals surface area (Å²) in [5, 5.41) is 8.75. The van der Waals surface area contributed by atoms with Gasteiger partial charge < -0.3 is 15.4 Å². The van der Waals surface area contributed by atoms with Crippen LogP contribution in [-0.2, 0) is 0 Å². The number of ether oxygens (including phenoxy) is 1.